The Bertz CT molecular complexity index is 431. The minimum absolute atomic E-state index is 0.663. The molecule has 20 heavy (non-hydrogen) atoms. The standard InChI is InChI=1S/C17H26N2O/c1-2-20-13-15-6-4-3-5-14(15)11-18-16-9-10-19(12-16)17-7-8-17/h3-6,16-18H,2,7-13H2,1H3. The van der Waals surface area contributed by atoms with Crippen molar-refractivity contribution in [3.63, 3.8) is 0 Å². The van der Waals surface area contributed by atoms with E-state index in [0.717, 1.165) is 25.8 Å². The molecule has 1 heterocycles. The third kappa shape index (κ3) is 3.60. The molecule has 1 aliphatic carbocycles. The van der Waals surface area contributed by atoms with Crippen molar-refractivity contribution in [2.75, 3.05) is 19.7 Å². The summed E-state index contributed by atoms with van der Waals surface area (Å²) in [6.45, 7) is 7.04. The van der Waals surface area contributed by atoms with Crippen LogP contribution in [0.2, 0.25) is 0 Å². The molecular formula is C17H26N2O. The van der Waals surface area contributed by atoms with Crippen molar-refractivity contribution < 1.29 is 4.74 Å². The summed E-state index contributed by atoms with van der Waals surface area (Å²) in [6, 6.07) is 10.2. The van der Waals surface area contributed by atoms with Gasteiger partial charge in [-0.15, -0.1) is 0 Å². The summed E-state index contributed by atoms with van der Waals surface area (Å²) in [5.41, 5.74) is 2.70. The molecule has 1 aromatic carbocycles. The lowest BCUT2D eigenvalue weighted by atomic mass is 10.1. The van der Waals surface area contributed by atoms with Gasteiger partial charge in [0.2, 0.25) is 0 Å². The molecule has 0 aromatic heterocycles. The summed E-state index contributed by atoms with van der Waals surface area (Å²) in [6.07, 6.45) is 4.14. The van der Waals surface area contributed by atoms with E-state index in [1.165, 1.54) is 43.5 Å². The van der Waals surface area contributed by atoms with E-state index >= 15 is 0 Å². The maximum Gasteiger partial charge on any atom is 0.0719 e. The van der Waals surface area contributed by atoms with Gasteiger partial charge < -0.3 is 10.1 Å². The van der Waals surface area contributed by atoms with E-state index in [0.29, 0.717) is 6.04 Å². The summed E-state index contributed by atoms with van der Waals surface area (Å²) in [7, 11) is 0. The molecular weight excluding hydrogens is 248 g/mol. The first-order chi connectivity index (χ1) is 9.86. The van der Waals surface area contributed by atoms with E-state index in [4.69, 9.17) is 4.74 Å². The molecule has 2 fully saturated rings. The fourth-order valence-corrected chi connectivity index (χ4v) is 3.06. The molecule has 3 heteroatoms. The van der Waals surface area contributed by atoms with Gasteiger partial charge in [0.1, 0.15) is 0 Å². The molecule has 3 nitrogen and oxygen atoms in total. The van der Waals surface area contributed by atoms with E-state index in [1.54, 1.807) is 0 Å². The van der Waals surface area contributed by atoms with E-state index in [2.05, 4.69) is 34.5 Å². The Balaban J connectivity index is 1.50. The molecule has 1 unspecified atom stereocenters. The lowest BCUT2D eigenvalue weighted by Crippen LogP contribution is -2.33. The Morgan fingerprint density at radius 1 is 1.20 bits per heavy atom. The predicted molar refractivity (Wildman–Crippen MR) is 81.6 cm³/mol. The molecule has 1 saturated carbocycles. The van der Waals surface area contributed by atoms with Crippen LogP contribution < -0.4 is 5.32 Å². The summed E-state index contributed by atoms with van der Waals surface area (Å²) >= 11 is 0. The van der Waals surface area contributed by atoms with Gasteiger partial charge in [-0.25, -0.2) is 0 Å². The third-order valence-electron chi connectivity index (χ3n) is 4.44. The van der Waals surface area contributed by atoms with Crippen molar-refractivity contribution in [3.8, 4) is 0 Å². The average Bonchev–Trinajstić information content (AvgIpc) is 3.23. The first kappa shape index (κ1) is 14.1. The highest BCUT2D eigenvalue weighted by molar-refractivity contribution is 5.26. The van der Waals surface area contributed by atoms with E-state index in [1.807, 2.05) is 6.92 Å². The lowest BCUT2D eigenvalue weighted by molar-refractivity contribution is 0.133. The van der Waals surface area contributed by atoms with Crippen LogP contribution in [-0.4, -0.2) is 36.7 Å². The zero-order valence-corrected chi connectivity index (χ0v) is 12.5. The van der Waals surface area contributed by atoms with E-state index in [-0.39, 0.29) is 0 Å². The minimum Gasteiger partial charge on any atom is -0.377 e. The molecule has 1 N–H and O–H groups in total. The number of nitrogens with zero attached hydrogens (tertiary/aromatic N) is 1. The molecule has 1 aromatic rings. The molecule has 0 bridgehead atoms. The molecule has 110 valence electrons. The number of ether oxygens (including phenoxy) is 1. The Labute approximate surface area is 122 Å². The summed E-state index contributed by atoms with van der Waals surface area (Å²) in [5.74, 6) is 0. The van der Waals surface area contributed by atoms with Gasteiger partial charge in [0.25, 0.3) is 0 Å². The van der Waals surface area contributed by atoms with Crippen LogP contribution >= 0.6 is 0 Å². The SMILES string of the molecule is CCOCc1ccccc1CNC1CCN(C2CC2)C1. The highest BCUT2D eigenvalue weighted by Crippen LogP contribution is 2.29. The average molecular weight is 274 g/mol. The fourth-order valence-electron chi connectivity index (χ4n) is 3.06. The zero-order valence-electron chi connectivity index (χ0n) is 12.5. The zero-order chi connectivity index (χ0) is 13.8. The fraction of sp³-hybridized carbons (Fsp3) is 0.647. The molecule has 0 radical (unpaired) electrons. The van der Waals surface area contributed by atoms with Crippen molar-refractivity contribution in [2.45, 2.75) is 51.4 Å². The van der Waals surface area contributed by atoms with Gasteiger partial charge in [-0.1, -0.05) is 24.3 Å². The van der Waals surface area contributed by atoms with Gasteiger partial charge in [-0.2, -0.15) is 0 Å². The van der Waals surface area contributed by atoms with Crippen molar-refractivity contribution >= 4 is 0 Å². The number of hydrogen-bond donors (Lipinski definition) is 1. The van der Waals surface area contributed by atoms with Crippen molar-refractivity contribution in [3.05, 3.63) is 35.4 Å². The number of benzene rings is 1. The van der Waals surface area contributed by atoms with Crippen LogP contribution in [0, 0.1) is 0 Å². The van der Waals surface area contributed by atoms with Gasteiger partial charge in [0.05, 0.1) is 6.61 Å². The number of hydrogen-bond acceptors (Lipinski definition) is 3. The number of rotatable bonds is 7. The Kier molecular flexibility index (Phi) is 4.71. The van der Waals surface area contributed by atoms with E-state index in [9.17, 15) is 0 Å². The second-order valence-electron chi connectivity index (χ2n) is 6.00. The van der Waals surface area contributed by atoms with Gasteiger partial charge in [-0.3, -0.25) is 4.90 Å². The lowest BCUT2D eigenvalue weighted by Gasteiger charge is -2.17. The topological polar surface area (TPSA) is 24.5 Å². The minimum atomic E-state index is 0.663. The monoisotopic (exact) mass is 274 g/mol. The van der Waals surface area contributed by atoms with Crippen LogP contribution in [0.25, 0.3) is 0 Å². The van der Waals surface area contributed by atoms with E-state index < -0.39 is 0 Å². The molecule has 3 rings (SSSR count). The van der Waals surface area contributed by atoms with Crippen LogP contribution in [-0.2, 0) is 17.9 Å². The maximum atomic E-state index is 5.55. The maximum absolute atomic E-state index is 5.55. The van der Waals surface area contributed by atoms with Gasteiger partial charge >= 0.3 is 0 Å². The molecule has 0 spiro atoms. The van der Waals surface area contributed by atoms with Gasteiger partial charge in [0, 0.05) is 38.3 Å². The van der Waals surface area contributed by atoms with Crippen molar-refractivity contribution in [2.24, 2.45) is 0 Å². The Hall–Kier alpha value is -0.900. The third-order valence-corrected chi connectivity index (χ3v) is 4.44. The van der Waals surface area contributed by atoms with Crippen LogP contribution in [0.4, 0.5) is 0 Å². The molecule has 1 atom stereocenters. The molecule has 2 aliphatic rings. The largest absolute Gasteiger partial charge is 0.377 e. The summed E-state index contributed by atoms with van der Waals surface area (Å²) in [4.78, 5) is 2.66. The molecule has 1 saturated heterocycles. The first-order valence-electron chi connectivity index (χ1n) is 7.98. The van der Waals surface area contributed by atoms with Crippen LogP contribution in [0.5, 0.6) is 0 Å². The summed E-state index contributed by atoms with van der Waals surface area (Å²) < 4.78 is 5.55. The van der Waals surface area contributed by atoms with Gasteiger partial charge in [-0.05, 0) is 37.3 Å². The Morgan fingerprint density at radius 3 is 2.75 bits per heavy atom. The quantitative estimate of drug-likeness (QED) is 0.827. The highest BCUT2D eigenvalue weighted by Gasteiger charge is 2.34. The normalized spacial score (nSPS) is 23.4. The van der Waals surface area contributed by atoms with Crippen molar-refractivity contribution in [1.82, 2.24) is 10.2 Å². The highest BCUT2D eigenvalue weighted by atomic mass is 16.5. The first-order valence-corrected chi connectivity index (χ1v) is 7.98. The molecule has 0 amide bonds. The molecule has 1 aliphatic heterocycles. The van der Waals surface area contributed by atoms with Gasteiger partial charge in [0.15, 0.2) is 0 Å². The van der Waals surface area contributed by atoms with Crippen LogP contribution in [0.1, 0.15) is 37.3 Å². The second-order valence-corrected chi connectivity index (χ2v) is 6.00. The predicted octanol–water partition coefficient (Wildman–Crippen LogP) is 2.55. The Morgan fingerprint density at radius 2 is 2.00 bits per heavy atom. The van der Waals surface area contributed by atoms with Crippen molar-refractivity contribution in [1.29, 1.82) is 0 Å². The summed E-state index contributed by atoms with van der Waals surface area (Å²) in [5, 5.41) is 3.73. The van der Waals surface area contributed by atoms with Crippen LogP contribution in [0.15, 0.2) is 24.3 Å². The number of likely N-dealkylation sites (tertiary alicyclic amines) is 1. The smallest absolute Gasteiger partial charge is 0.0719 e. The van der Waals surface area contributed by atoms with Crippen LogP contribution in [0.3, 0.4) is 0 Å². The second kappa shape index (κ2) is 6.70. The number of nitrogens with one attached hydrogen (secondary N) is 1.